The highest BCUT2D eigenvalue weighted by Crippen LogP contribution is 2.35. The summed E-state index contributed by atoms with van der Waals surface area (Å²) in [6.45, 7) is 13.3. The standard InChI is InChI=1S/C15H26N2O2.C2H6/c1-5-8-15(6-2,9-7-14(18)19)11-17-13(4)12(3)10-16-17;1-2/h10H,5-9,11H2,1-4H3,(H,18,19);1-2H3. The van der Waals surface area contributed by atoms with Crippen LogP contribution >= 0.6 is 0 Å². The number of carbonyl (C=O) groups is 1. The Bertz CT molecular complexity index is 426. The van der Waals surface area contributed by atoms with Crippen LogP contribution in [0.25, 0.3) is 0 Å². The fourth-order valence-corrected chi connectivity index (χ4v) is 2.67. The number of carboxylic acids is 1. The molecule has 0 amide bonds. The molecule has 4 heteroatoms. The van der Waals surface area contributed by atoms with E-state index >= 15 is 0 Å². The first-order valence-electron chi connectivity index (χ1n) is 8.15. The zero-order chi connectivity index (χ0) is 16.5. The molecule has 0 saturated heterocycles. The van der Waals surface area contributed by atoms with E-state index in [9.17, 15) is 4.79 Å². The van der Waals surface area contributed by atoms with Gasteiger partial charge in [0.15, 0.2) is 0 Å². The number of aromatic nitrogens is 2. The van der Waals surface area contributed by atoms with Gasteiger partial charge in [0.2, 0.25) is 0 Å². The molecule has 1 heterocycles. The Balaban J connectivity index is 0.00000191. The number of nitrogens with zero attached hydrogens (tertiary/aromatic N) is 2. The van der Waals surface area contributed by atoms with Crippen LogP contribution in [-0.4, -0.2) is 20.9 Å². The largest absolute Gasteiger partial charge is 0.481 e. The minimum atomic E-state index is -0.706. The number of carboxylic acid groups (broad SMARTS) is 1. The lowest BCUT2D eigenvalue weighted by molar-refractivity contribution is -0.137. The van der Waals surface area contributed by atoms with Gasteiger partial charge in [0, 0.05) is 18.7 Å². The molecule has 0 radical (unpaired) electrons. The smallest absolute Gasteiger partial charge is 0.303 e. The molecule has 0 bridgehead atoms. The van der Waals surface area contributed by atoms with E-state index in [1.807, 2.05) is 24.7 Å². The monoisotopic (exact) mass is 296 g/mol. The third kappa shape index (κ3) is 5.90. The third-order valence-corrected chi connectivity index (χ3v) is 4.23. The van der Waals surface area contributed by atoms with Crippen molar-refractivity contribution in [2.24, 2.45) is 5.41 Å². The van der Waals surface area contributed by atoms with Crippen LogP contribution in [0.4, 0.5) is 0 Å². The van der Waals surface area contributed by atoms with Gasteiger partial charge in [0.05, 0.1) is 6.20 Å². The van der Waals surface area contributed by atoms with Crippen molar-refractivity contribution >= 4 is 5.97 Å². The minimum Gasteiger partial charge on any atom is -0.481 e. The van der Waals surface area contributed by atoms with Crippen LogP contribution in [0.2, 0.25) is 0 Å². The lowest BCUT2D eigenvalue weighted by Crippen LogP contribution is -2.28. The fraction of sp³-hybridized carbons (Fsp3) is 0.765. The van der Waals surface area contributed by atoms with Gasteiger partial charge in [0.25, 0.3) is 0 Å². The Morgan fingerprint density at radius 1 is 1.29 bits per heavy atom. The van der Waals surface area contributed by atoms with Gasteiger partial charge in [0.1, 0.15) is 0 Å². The second-order valence-electron chi connectivity index (χ2n) is 5.57. The molecular formula is C17H32N2O2. The molecule has 21 heavy (non-hydrogen) atoms. The lowest BCUT2D eigenvalue weighted by atomic mass is 9.76. The van der Waals surface area contributed by atoms with Crippen LogP contribution in [0.3, 0.4) is 0 Å². The number of hydrogen-bond donors (Lipinski definition) is 1. The van der Waals surface area contributed by atoms with Gasteiger partial charge < -0.3 is 5.11 Å². The maximum atomic E-state index is 10.9. The molecule has 1 atom stereocenters. The van der Waals surface area contributed by atoms with Gasteiger partial charge in [-0.2, -0.15) is 5.10 Å². The number of rotatable bonds is 8. The van der Waals surface area contributed by atoms with Crippen LogP contribution in [0.15, 0.2) is 6.20 Å². The van der Waals surface area contributed by atoms with Crippen molar-refractivity contribution in [3.05, 3.63) is 17.5 Å². The highest BCUT2D eigenvalue weighted by molar-refractivity contribution is 5.66. The topological polar surface area (TPSA) is 55.1 Å². The summed E-state index contributed by atoms with van der Waals surface area (Å²) in [5.41, 5.74) is 2.43. The molecule has 0 aliphatic rings. The first-order valence-corrected chi connectivity index (χ1v) is 8.15. The van der Waals surface area contributed by atoms with Crippen molar-refractivity contribution in [3.63, 3.8) is 0 Å². The van der Waals surface area contributed by atoms with E-state index in [1.54, 1.807) is 0 Å². The van der Waals surface area contributed by atoms with Gasteiger partial charge in [-0.1, -0.05) is 34.1 Å². The first kappa shape index (κ1) is 19.7. The van der Waals surface area contributed by atoms with Crippen molar-refractivity contribution in [3.8, 4) is 0 Å². The van der Waals surface area contributed by atoms with Crippen LogP contribution in [0.1, 0.15) is 71.1 Å². The van der Waals surface area contributed by atoms with Gasteiger partial charge in [-0.25, -0.2) is 0 Å². The highest BCUT2D eigenvalue weighted by atomic mass is 16.4. The molecule has 0 saturated carbocycles. The number of hydrogen-bond acceptors (Lipinski definition) is 2. The number of aliphatic carboxylic acids is 1. The van der Waals surface area contributed by atoms with E-state index in [0.29, 0.717) is 0 Å². The molecule has 1 aromatic rings. The molecular weight excluding hydrogens is 264 g/mol. The van der Waals surface area contributed by atoms with Crippen LogP contribution in [-0.2, 0) is 11.3 Å². The maximum Gasteiger partial charge on any atom is 0.303 e. The summed E-state index contributed by atoms with van der Waals surface area (Å²) < 4.78 is 2.04. The van der Waals surface area contributed by atoms with Crippen molar-refractivity contribution in [1.82, 2.24) is 9.78 Å². The van der Waals surface area contributed by atoms with Gasteiger partial charge >= 0.3 is 5.97 Å². The summed E-state index contributed by atoms with van der Waals surface area (Å²) in [6, 6.07) is 0. The Labute approximate surface area is 129 Å². The van der Waals surface area contributed by atoms with Gasteiger partial charge in [-0.05, 0) is 44.1 Å². The summed E-state index contributed by atoms with van der Waals surface area (Å²) in [5, 5.41) is 13.4. The van der Waals surface area contributed by atoms with Gasteiger partial charge in [-0.15, -0.1) is 0 Å². The molecule has 4 nitrogen and oxygen atoms in total. The quantitative estimate of drug-likeness (QED) is 0.763. The first-order chi connectivity index (χ1) is 9.94. The summed E-state index contributed by atoms with van der Waals surface area (Å²) in [6.07, 6.45) is 5.98. The predicted molar refractivity (Wildman–Crippen MR) is 87.6 cm³/mol. The van der Waals surface area contributed by atoms with E-state index < -0.39 is 5.97 Å². The second kappa shape index (κ2) is 9.59. The van der Waals surface area contributed by atoms with Crippen LogP contribution in [0.5, 0.6) is 0 Å². The molecule has 1 unspecified atom stereocenters. The molecule has 1 aromatic heterocycles. The van der Waals surface area contributed by atoms with Gasteiger partial charge in [-0.3, -0.25) is 9.48 Å². The van der Waals surface area contributed by atoms with E-state index in [0.717, 1.165) is 32.2 Å². The summed E-state index contributed by atoms with van der Waals surface area (Å²) >= 11 is 0. The fourth-order valence-electron chi connectivity index (χ4n) is 2.67. The summed E-state index contributed by atoms with van der Waals surface area (Å²) in [4.78, 5) is 10.9. The zero-order valence-electron chi connectivity index (χ0n) is 14.6. The molecule has 0 aliphatic heterocycles. The van der Waals surface area contributed by atoms with Crippen molar-refractivity contribution < 1.29 is 9.90 Å². The maximum absolute atomic E-state index is 10.9. The Kier molecular flexibility index (Phi) is 8.98. The van der Waals surface area contributed by atoms with Crippen molar-refractivity contribution in [1.29, 1.82) is 0 Å². The van der Waals surface area contributed by atoms with Crippen molar-refractivity contribution in [2.45, 2.75) is 80.2 Å². The SMILES string of the molecule is CC.CCCC(CC)(CCC(=O)O)Cn1ncc(C)c1C. The third-order valence-electron chi connectivity index (χ3n) is 4.23. The molecule has 1 N–H and O–H groups in total. The number of aryl methyl sites for hydroxylation is 1. The zero-order valence-corrected chi connectivity index (χ0v) is 14.6. The van der Waals surface area contributed by atoms with E-state index in [1.165, 1.54) is 11.3 Å². The second-order valence-corrected chi connectivity index (χ2v) is 5.57. The molecule has 0 spiro atoms. The summed E-state index contributed by atoms with van der Waals surface area (Å²) in [7, 11) is 0. The Hall–Kier alpha value is -1.32. The van der Waals surface area contributed by atoms with E-state index in [4.69, 9.17) is 5.11 Å². The molecule has 0 aromatic carbocycles. The van der Waals surface area contributed by atoms with Crippen LogP contribution < -0.4 is 0 Å². The normalized spacial score (nSPS) is 13.2. The highest BCUT2D eigenvalue weighted by Gasteiger charge is 2.29. The van der Waals surface area contributed by atoms with Crippen molar-refractivity contribution in [2.75, 3.05) is 0 Å². The molecule has 0 aliphatic carbocycles. The Morgan fingerprint density at radius 3 is 2.29 bits per heavy atom. The average molecular weight is 296 g/mol. The predicted octanol–water partition coefficient (Wildman–Crippen LogP) is 4.59. The minimum absolute atomic E-state index is 0.0519. The van der Waals surface area contributed by atoms with E-state index in [-0.39, 0.29) is 11.8 Å². The summed E-state index contributed by atoms with van der Waals surface area (Å²) in [5.74, 6) is -0.706. The molecule has 122 valence electrons. The van der Waals surface area contributed by atoms with E-state index in [2.05, 4.69) is 32.8 Å². The molecule has 0 fully saturated rings. The van der Waals surface area contributed by atoms with Crippen LogP contribution in [0, 0.1) is 19.3 Å². The Morgan fingerprint density at radius 2 is 1.90 bits per heavy atom. The molecule has 1 rings (SSSR count). The lowest BCUT2D eigenvalue weighted by Gasteiger charge is -2.32. The average Bonchev–Trinajstić information content (AvgIpc) is 2.79.